The third kappa shape index (κ3) is 4.99. The van der Waals surface area contributed by atoms with Crippen molar-refractivity contribution < 1.29 is 9.59 Å². The minimum atomic E-state index is -0.267. The molecule has 0 fully saturated rings. The zero-order chi connectivity index (χ0) is 14.3. The molecule has 0 radical (unpaired) electrons. The van der Waals surface area contributed by atoms with Crippen LogP contribution in [0.25, 0.3) is 0 Å². The summed E-state index contributed by atoms with van der Waals surface area (Å²) in [7, 11) is 3.27. The minimum absolute atomic E-state index is 0.0178. The van der Waals surface area contributed by atoms with Gasteiger partial charge in [0.05, 0.1) is 13.1 Å². The fraction of sp³-hybridized carbons (Fsp3) is 0.583. The molecule has 0 unspecified atom stereocenters. The number of nitrogens with one attached hydrogen (secondary N) is 1. The Hall–Kier alpha value is -2.05. The lowest BCUT2D eigenvalue weighted by molar-refractivity contribution is -0.130. The topological polar surface area (TPSA) is 70.5 Å². The van der Waals surface area contributed by atoms with E-state index in [1.165, 1.54) is 4.90 Å². The third-order valence-electron chi connectivity index (χ3n) is 2.69. The van der Waals surface area contributed by atoms with E-state index in [1.54, 1.807) is 29.9 Å². The lowest BCUT2D eigenvalue weighted by Crippen LogP contribution is -2.44. The molecule has 1 heterocycles. The Kier molecular flexibility index (Phi) is 5.84. The van der Waals surface area contributed by atoms with E-state index < -0.39 is 0 Å². The summed E-state index contributed by atoms with van der Waals surface area (Å²) < 4.78 is 1.77. The zero-order valence-corrected chi connectivity index (χ0v) is 11.7. The van der Waals surface area contributed by atoms with Gasteiger partial charge in [-0.3, -0.25) is 9.48 Å². The van der Waals surface area contributed by atoms with Gasteiger partial charge in [-0.1, -0.05) is 0 Å². The van der Waals surface area contributed by atoms with Gasteiger partial charge in [0.25, 0.3) is 0 Å². The number of carbonyl (C=O) groups is 2. The van der Waals surface area contributed by atoms with Crippen LogP contribution in [0.15, 0.2) is 18.5 Å². The van der Waals surface area contributed by atoms with Crippen LogP contribution in [0.2, 0.25) is 0 Å². The van der Waals surface area contributed by atoms with Gasteiger partial charge in [-0.15, -0.1) is 0 Å². The molecular weight excluding hydrogens is 246 g/mol. The molecule has 0 aliphatic heterocycles. The molecule has 19 heavy (non-hydrogen) atoms. The standard InChI is InChI=1S/C12H21N5O2/c1-4-16(8-9-17-7-5-6-14-17)11(18)10-13-12(19)15(2)3/h5-7H,4,8-10H2,1-3H3,(H,13,19). The van der Waals surface area contributed by atoms with E-state index in [1.807, 2.05) is 19.2 Å². The van der Waals surface area contributed by atoms with Crippen LogP contribution >= 0.6 is 0 Å². The van der Waals surface area contributed by atoms with Crippen molar-refractivity contribution in [1.29, 1.82) is 0 Å². The van der Waals surface area contributed by atoms with Crippen molar-refractivity contribution in [2.24, 2.45) is 0 Å². The van der Waals surface area contributed by atoms with E-state index in [4.69, 9.17) is 0 Å². The molecule has 106 valence electrons. The smallest absolute Gasteiger partial charge is 0.317 e. The highest BCUT2D eigenvalue weighted by molar-refractivity contribution is 5.83. The molecule has 0 saturated carbocycles. The van der Waals surface area contributed by atoms with Crippen molar-refractivity contribution in [3.8, 4) is 0 Å². The summed E-state index contributed by atoms with van der Waals surface area (Å²) in [5, 5.41) is 6.64. The van der Waals surface area contributed by atoms with Gasteiger partial charge in [0.1, 0.15) is 0 Å². The first-order valence-corrected chi connectivity index (χ1v) is 6.25. The zero-order valence-electron chi connectivity index (χ0n) is 11.7. The number of hydrogen-bond donors (Lipinski definition) is 1. The summed E-state index contributed by atoms with van der Waals surface area (Å²) in [6, 6.07) is 1.58. The molecular formula is C12H21N5O2. The Morgan fingerprint density at radius 3 is 2.63 bits per heavy atom. The van der Waals surface area contributed by atoms with Crippen LogP contribution in [0.1, 0.15) is 6.92 Å². The largest absolute Gasteiger partial charge is 0.340 e. The summed E-state index contributed by atoms with van der Waals surface area (Å²) in [5.74, 6) is -0.0927. The number of hydrogen-bond acceptors (Lipinski definition) is 3. The van der Waals surface area contributed by atoms with Gasteiger partial charge >= 0.3 is 6.03 Å². The molecule has 0 bridgehead atoms. The van der Waals surface area contributed by atoms with E-state index in [9.17, 15) is 9.59 Å². The molecule has 1 aromatic heterocycles. The van der Waals surface area contributed by atoms with E-state index in [0.717, 1.165) is 0 Å². The van der Waals surface area contributed by atoms with Gasteiger partial charge in [-0.2, -0.15) is 5.10 Å². The van der Waals surface area contributed by atoms with Gasteiger partial charge in [0.15, 0.2) is 0 Å². The molecule has 7 nitrogen and oxygen atoms in total. The Morgan fingerprint density at radius 1 is 1.37 bits per heavy atom. The van der Waals surface area contributed by atoms with Crippen LogP contribution in [-0.4, -0.2) is 65.2 Å². The predicted molar refractivity (Wildman–Crippen MR) is 71.6 cm³/mol. The molecule has 7 heteroatoms. The number of aromatic nitrogens is 2. The van der Waals surface area contributed by atoms with E-state index in [2.05, 4.69) is 10.4 Å². The summed E-state index contributed by atoms with van der Waals surface area (Å²) >= 11 is 0. The van der Waals surface area contributed by atoms with E-state index in [0.29, 0.717) is 19.6 Å². The van der Waals surface area contributed by atoms with Crippen molar-refractivity contribution in [2.75, 3.05) is 33.7 Å². The molecule has 0 saturated heterocycles. The third-order valence-corrected chi connectivity index (χ3v) is 2.69. The number of carbonyl (C=O) groups excluding carboxylic acids is 2. The predicted octanol–water partition coefficient (Wildman–Crippen LogP) is 0.00280. The van der Waals surface area contributed by atoms with Gasteiger partial charge in [-0.05, 0) is 13.0 Å². The van der Waals surface area contributed by atoms with Crippen LogP contribution in [0.3, 0.4) is 0 Å². The Morgan fingerprint density at radius 2 is 2.11 bits per heavy atom. The molecule has 0 spiro atoms. The van der Waals surface area contributed by atoms with Crippen molar-refractivity contribution >= 4 is 11.9 Å². The Bertz CT molecular complexity index is 402. The van der Waals surface area contributed by atoms with Gasteiger partial charge in [0.2, 0.25) is 5.91 Å². The second kappa shape index (κ2) is 7.40. The summed E-state index contributed by atoms with van der Waals surface area (Å²) in [6.45, 7) is 3.76. The average Bonchev–Trinajstić information content (AvgIpc) is 2.89. The van der Waals surface area contributed by atoms with Crippen molar-refractivity contribution in [2.45, 2.75) is 13.5 Å². The van der Waals surface area contributed by atoms with Crippen LogP contribution < -0.4 is 5.32 Å². The first kappa shape index (κ1) is 15.0. The van der Waals surface area contributed by atoms with Crippen LogP contribution in [0, 0.1) is 0 Å². The first-order valence-electron chi connectivity index (χ1n) is 6.25. The molecule has 0 aliphatic rings. The number of nitrogens with zero attached hydrogens (tertiary/aromatic N) is 4. The number of amides is 3. The quantitative estimate of drug-likeness (QED) is 0.789. The maximum absolute atomic E-state index is 11.9. The number of urea groups is 1. The van der Waals surface area contributed by atoms with Crippen molar-refractivity contribution in [3.05, 3.63) is 18.5 Å². The van der Waals surface area contributed by atoms with Gasteiger partial charge < -0.3 is 15.1 Å². The maximum atomic E-state index is 11.9. The van der Waals surface area contributed by atoms with Crippen LogP contribution in [-0.2, 0) is 11.3 Å². The van der Waals surface area contributed by atoms with Gasteiger partial charge in [-0.25, -0.2) is 4.79 Å². The van der Waals surface area contributed by atoms with E-state index in [-0.39, 0.29) is 18.5 Å². The lowest BCUT2D eigenvalue weighted by atomic mass is 10.4. The summed E-state index contributed by atoms with van der Waals surface area (Å²) in [4.78, 5) is 26.3. The van der Waals surface area contributed by atoms with Crippen LogP contribution in [0.4, 0.5) is 4.79 Å². The fourth-order valence-corrected chi connectivity index (χ4v) is 1.54. The summed E-state index contributed by atoms with van der Waals surface area (Å²) in [5.41, 5.74) is 0. The van der Waals surface area contributed by atoms with Crippen molar-refractivity contribution in [1.82, 2.24) is 24.9 Å². The highest BCUT2D eigenvalue weighted by Gasteiger charge is 2.13. The van der Waals surface area contributed by atoms with Gasteiger partial charge in [0, 0.05) is 39.6 Å². The molecule has 3 amide bonds. The molecule has 1 N–H and O–H groups in total. The highest BCUT2D eigenvalue weighted by atomic mass is 16.2. The number of rotatable bonds is 6. The summed E-state index contributed by atoms with van der Waals surface area (Å²) in [6.07, 6.45) is 3.56. The second-order valence-electron chi connectivity index (χ2n) is 4.30. The highest BCUT2D eigenvalue weighted by Crippen LogP contribution is 1.93. The minimum Gasteiger partial charge on any atom is -0.340 e. The lowest BCUT2D eigenvalue weighted by Gasteiger charge is -2.21. The Labute approximate surface area is 113 Å². The average molecular weight is 267 g/mol. The molecule has 1 rings (SSSR count). The number of likely N-dealkylation sites (N-methyl/N-ethyl adjacent to an activating group) is 1. The normalized spacial score (nSPS) is 10.1. The molecule has 0 aromatic carbocycles. The van der Waals surface area contributed by atoms with Crippen LogP contribution in [0.5, 0.6) is 0 Å². The Balaban J connectivity index is 2.37. The molecule has 1 aromatic rings. The molecule has 0 atom stereocenters. The SMILES string of the molecule is CCN(CCn1cccn1)C(=O)CNC(=O)N(C)C. The molecule has 0 aliphatic carbocycles. The monoisotopic (exact) mass is 267 g/mol. The maximum Gasteiger partial charge on any atom is 0.317 e. The van der Waals surface area contributed by atoms with E-state index >= 15 is 0 Å². The second-order valence-corrected chi connectivity index (χ2v) is 4.30. The van der Waals surface area contributed by atoms with Crippen molar-refractivity contribution in [3.63, 3.8) is 0 Å². The first-order chi connectivity index (χ1) is 9.04. The fourth-order valence-electron chi connectivity index (χ4n) is 1.54.